The molecular weight excluding hydrogens is 155 g/mol. The van der Waals surface area contributed by atoms with Crippen LogP contribution in [0.1, 0.15) is 0 Å². The summed E-state index contributed by atoms with van der Waals surface area (Å²) < 4.78 is 4.45. The van der Waals surface area contributed by atoms with Gasteiger partial charge < -0.3 is 19.9 Å². The van der Waals surface area contributed by atoms with Crippen LogP contribution in [0.5, 0.6) is 0 Å². The molecule has 0 aliphatic heterocycles. The topological polar surface area (TPSA) is 96.3 Å². The quantitative estimate of drug-likeness (QED) is 0.421. The summed E-state index contributed by atoms with van der Waals surface area (Å²) in [6.07, 6.45) is 0.487. The van der Waals surface area contributed by atoms with Gasteiger partial charge in [-0.15, -0.1) is 0 Å². The molecule has 0 rings (SSSR count). The Balaban J connectivity index is 3.37. The van der Waals surface area contributed by atoms with E-state index in [1.54, 1.807) is 0 Å². The minimum atomic E-state index is -2.05. The van der Waals surface area contributed by atoms with Crippen molar-refractivity contribution in [2.75, 3.05) is 6.61 Å². The zero-order valence-electron chi connectivity index (χ0n) is 5.10. The van der Waals surface area contributed by atoms with Gasteiger partial charge in [0.25, 0.3) is 8.38 Å². The molecule has 0 heterocycles. The maximum absolute atomic E-state index is 9.84. The van der Waals surface area contributed by atoms with Gasteiger partial charge in [0.2, 0.25) is 0 Å². The summed E-state index contributed by atoms with van der Waals surface area (Å²) in [5.41, 5.74) is 5.07. The van der Waals surface area contributed by atoms with Gasteiger partial charge >= 0.3 is 0 Å². The Morgan fingerprint density at radius 2 is 2.60 bits per heavy atom. The van der Waals surface area contributed by atoms with E-state index in [1.165, 1.54) is 5.81 Å². The highest BCUT2D eigenvalue weighted by Crippen LogP contribution is 2.28. The smallest absolute Gasteiger partial charge is 0.282 e. The summed E-state index contributed by atoms with van der Waals surface area (Å²) in [4.78, 5) is 18.4. The van der Waals surface area contributed by atoms with Crippen LogP contribution in [-0.2, 0) is 9.32 Å². The fourth-order valence-electron chi connectivity index (χ4n) is 0.225. The highest BCUT2D eigenvalue weighted by atomic mass is 31.2. The number of carbonyl (C=O) groups excluding carboxylic acids is 1. The number of hydrogen-bond donors (Lipinski definition) is 2. The second-order valence-electron chi connectivity index (χ2n) is 1.47. The molecule has 0 amide bonds. The molecule has 0 aromatic carbocycles. The Morgan fingerprint density at radius 3 is 3.00 bits per heavy atom. The van der Waals surface area contributed by atoms with Gasteiger partial charge in [-0.05, 0) is 0 Å². The van der Waals surface area contributed by atoms with Crippen molar-refractivity contribution in [1.82, 2.24) is 0 Å². The SMILES string of the molecule is N#CP(O)OCC(N)C=O. The predicted octanol–water partition coefficient (Wildman–Crippen LogP) is -0.686. The maximum atomic E-state index is 9.84. The van der Waals surface area contributed by atoms with Crippen molar-refractivity contribution < 1.29 is 14.2 Å². The molecule has 2 unspecified atom stereocenters. The lowest BCUT2D eigenvalue weighted by molar-refractivity contribution is -0.109. The highest BCUT2D eigenvalue weighted by molar-refractivity contribution is 7.51. The fourth-order valence-corrected chi connectivity index (χ4v) is 0.596. The molecule has 3 N–H and O–H groups in total. The lowest BCUT2D eigenvalue weighted by Gasteiger charge is -2.03. The molecule has 0 saturated carbocycles. The van der Waals surface area contributed by atoms with Crippen molar-refractivity contribution >= 4 is 14.7 Å². The monoisotopic (exact) mass is 162 g/mol. The summed E-state index contributed by atoms with van der Waals surface area (Å²) in [6, 6.07) is -0.759. The number of nitriles is 1. The van der Waals surface area contributed by atoms with E-state index >= 15 is 0 Å². The van der Waals surface area contributed by atoms with Crippen molar-refractivity contribution in [1.29, 1.82) is 5.26 Å². The second-order valence-corrected chi connectivity index (χ2v) is 2.47. The standard InChI is InChI=1S/C4H7N2O3P/c5-3-10(8)9-2-4(6)1-7/h1,4,8H,2,6H2. The summed E-state index contributed by atoms with van der Waals surface area (Å²) >= 11 is 0. The van der Waals surface area contributed by atoms with Crippen LogP contribution in [0.3, 0.4) is 0 Å². The minimum absolute atomic E-state index is 0.112. The molecule has 0 saturated heterocycles. The van der Waals surface area contributed by atoms with Gasteiger partial charge in [-0.25, -0.2) is 0 Å². The molecule has 0 fully saturated rings. The van der Waals surface area contributed by atoms with E-state index in [0.29, 0.717) is 6.29 Å². The molecule has 5 nitrogen and oxygen atoms in total. The zero-order chi connectivity index (χ0) is 7.98. The van der Waals surface area contributed by atoms with E-state index in [4.69, 9.17) is 15.9 Å². The van der Waals surface area contributed by atoms with Gasteiger partial charge in [-0.3, -0.25) is 0 Å². The number of nitrogens with two attached hydrogens (primary N) is 1. The zero-order valence-corrected chi connectivity index (χ0v) is 5.99. The average molecular weight is 162 g/mol. The lowest BCUT2D eigenvalue weighted by atomic mass is 10.4. The molecule has 10 heavy (non-hydrogen) atoms. The largest absolute Gasteiger partial charge is 0.339 e. The normalized spacial score (nSPS) is 15.3. The summed E-state index contributed by atoms with van der Waals surface area (Å²) in [7, 11) is -2.05. The first-order valence-corrected chi connectivity index (χ1v) is 3.64. The molecule has 2 atom stereocenters. The van der Waals surface area contributed by atoms with Crippen molar-refractivity contribution in [3.63, 3.8) is 0 Å². The van der Waals surface area contributed by atoms with Crippen LogP contribution in [0.4, 0.5) is 0 Å². The van der Waals surface area contributed by atoms with E-state index in [1.807, 2.05) is 0 Å². The Morgan fingerprint density at radius 1 is 2.00 bits per heavy atom. The number of hydrogen-bond acceptors (Lipinski definition) is 5. The molecule has 0 aliphatic carbocycles. The van der Waals surface area contributed by atoms with E-state index in [9.17, 15) is 4.79 Å². The number of aldehydes is 1. The molecule has 0 bridgehead atoms. The highest BCUT2D eigenvalue weighted by Gasteiger charge is 2.05. The summed E-state index contributed by atoms with van der Waals surface area (Å²) in [5, 5.41) is 8.00. The van der Waals surface area contributed by atoms with Crippen LogP contribution in [0.25, 0.3) is 0 Å². The van der Waals surface area contributed by atoms with Crippen LogP contribution in [0.2, 0.25) is 0 Å². The predicted molar refractivity (Wildman–Crippen MR) is 34.7 cm³/mol. The first-order valence-electron chi connectivity index (χ1n) is 2.43. The Hall–Kier alpha value is -0.530. The van der Waals surface area contributed by atoms with Crippen LogP contribution in [-0.4, -0.2) is 23.8 Å². The van der Waals surface area contributed by atoms with Crippen molar-refractivity contribution in [3.05, 3.63) is 0 Å². The maximum Gasteiger partial charge on any atom is 0.282 e. The van der Waals surface area contributed by atoms with Gasteiger partial charge in [0.1, 0.15) is 12.1 Å². The van der Waals surface area contributed by atoms with Gasteiger partial charge in [0.15, 0.2) is 0 Å². The van der Waals surface area contributed by atoms with E-state index in [2.05, 4.69) is 4.52 Å². The molecule has 0 aliphatic rings. The Kier molecular flexibility index (Phi) is 4.99. The van der Waals surface area contributed by atoms with E-state index < -0.39 is 14.4 Å². The van der Waals surface area contributed by atoms with Gasteiger partial charge in [0.05, 0.1) is 12.6 Å². The molecular formula is C4H7N2O3P. The van der Waals surface area contributed by atoms with E-state index in [-0.39, 0.29) is 6.61 Å². The second kappa shape index (κ2) is 5.27. The van der Waals surface area contributed by atoms with Crippen LogP contribution < -0.4 is 5.73 Å². The van der Waals surface area contributed by atoms with Crippen molar-refractivity contribution in [3.8, 4) is 5.81 Å². The van der Waals surface area contributed by atoms with Crippen LogP contribution in [0, 0.1) is 11.1 Å². The molecule has 56 valence electrons. The van der Waals surface area contributed by atoms with Crippen molar-refractivity contribution in [2.45, 2.75) is 6.04 Å². The summed E-state index contributed by atoms with van der Waals surface area (Å²) in [5.74, 6) is 1.47. The first kappa shape index (κ1) is 9.47. The molecule has 0 aromatic rings. The Bertz CT molecular complexity index is 146. The third-order valence-electron chi connectivity index (χ3n) is 0.650. The van der Waals surface area contributed by atoms with Gasteiger partial charge in [-0.2, -0.15) is 5.26 Å². The fraction of sp³-hybridized carbons (Fsp3) is 0.500. The van der Waals surface area contributed by atoms with Crippen LogP contribution in [0.15, 0.2) is 0 Å². The van der Waals surface area contributed by atoms with Gasteiger partial charge in [0, 0.05) is 0 Å². The first-order chi connectivity index (χ1) is 4.70. The van der Waals surface area contributed by atoms with Gasteiger partial charge in [-0.1, -0.05) is 0 Å². The molecule has 0 radical (unpaired) electrons. The number of carbonyl (C=O) groups is 1. The third kappa shape index (κ3) is 4.36. The minimum Gasteiger partial charge on any atom is -0.339 e. The average Bonchev–Trinajstić information content (AvgIpc) is 1.99. The lowest BCUT2D eigenvalue weighted by Crippen LogP contribution is -2.26. The van der Waals surface area contributed by atoms with E-state index in [0.717, 1.165) is 0 Å². The van der Waals surface area contributed by atoms with Crippen molar-refractivity contribution in [2.24, 2.45) is 5.73 Å². The third-order valence-corrected chi connectivity index (χ3v) is 1.21. The number of rotatable bonds is 4. The Labute approximate surface area is 59.3 Å². The number of nitrogens with zero attached hydrogens (tertiary/aromatic N) is 1. The summed E-state index contributed by atoms with van der Waals surface area (Å²) in [6.45, 7) is -0.112. The van der Waals surface area contributed by atoms with Crippen LogP contribution >= 0.6 is 8.38 Å². The molecule has 0 spiro atoms. The molecule has 6 heteroatoms. The molecule has 0 aromatic heterocycles.